The molecule has 29 heavy (non-hydrogen) atoms. The molecule has 1 amide bonds. The highest BCUT2D eigenvalue weighted by Gasteiger charge is 2.37. The number of benzene rings is 1. The lowest BCUT2D eigenvalue weighted by Crippen LogP contribution is -3.29. The van der Waals surface area contributed by atoms with Crippen molar-refractivity contribution in [3.8, 4) is 11.5 Å². The van der Waals surface area contributed by atoms with Crippen LogP contribution in [0, 0.1) is 0 Å². The van der Waals surface area contributed by atoms with Crippen molar-refractivity contribution in [2.45, 2.75) is 64.7 Å². The molecule has 3 atom stereocenters. The molecule has 162 valence electrons. The minimum absolute atomic E-state index is 0.0561. The number of quaternary nitrogens is 2. The third-order valence-corrected chi connectivity index (χ3v) is 6.93. The van der Waals surface area contributed by atoms with Crippen LogP contribution < -0.4 is 19.3 Å². The van der Waals surface area contributed by atoms with Crippen molar-refractivity contribution in [1.82, 2.24) is 4.90 Å². The summed E-state index contributed by atoms with van der Waals surface area (Å²) >= 11 is 0. The number of hydrogen-bond acceptors (Lipinski definition) is 3. The number of carbonyl (C=O) groups excluding carboxylic acids is 1. The molecule has 2 saturated heterocycles. The Balaban J connectivity index is 1.54. The Hall–Kier alpha value is -1.79. The summed E-state index contributed by atoms with van der Waals surface area (Å²) in [5.41, 5.74) is 1.26. The van der Waals surface area contributed by atoms with Crippen LogP contribution >= 0.6 is 0 Å². The standard InChI is InChI=1S/C23H37N3O3/c1-17-7-6-8-18(2)26(17)23(27)19(3)25-13-11-24(12-14-25)16-20-9-10-21(28-4)22(15-20)29-5/h9-10,15,17-19H,6-8,11-14,16H2,1-5H3/p+2/t17-,18+,19-/m1/s1. The van der Waals surface area contributed by atoms with Crippen molar-refractivity contribution >= 4 is 5.91 Å². The lowest BCUT2D eigenvalue weighted by atomic mass is 9.96. The molecule has 1 aromatic rings. The largest absolute Gasteiger partial charge is 0.493 e. The molecule has 3 rings (SSSR count). The van der Waals surface area contributed by atoms with Gasteiger partial charge >= 0.3 is 0 Å². The summed E-state index contributed by atoms with van der Waals surface area (Å²) in [4.78, 5) is 18.4. The van der Waals surface area contributed by atoms with Gasteiger partial charge in [0.15, 0.2) is 17.5 Å². The summed E-state index contributed by atoms with van der Waals surface area (Å²) in [7, 11) is 3.34. The molecule has 1 aromatic carbocycles. The van der Waals surface area contributed by atoms with Crippen molar-refractivity contribution in [2.24, 2.45) is 0 Å². The summed E-state index contributed by atoms with van der Waals surface area (Å²) in [6.07, 6.45) is 3.52. The van der Waals surface area contributed by atoms with E-state index in [1.807, 2.05) is 6.07 Å². The van der Waals surface area contributed by atoms with Gasteiger partial charge in [-0.05, 0) is 58.2 Å². The fourth-order valence-electron chi connectivity index (χ4n) is 5.07. The summed E-state index contributed by atoms with van der Waals surface area (Å²) in [6.45, 7) is 11.8. The number of likely N-dealkylation sites (tertiary alicyclic amines) is 1. The van der Waals surface area contributed by atoms with Crippen LogP contribution in [0.25, 0.3) is 0 Å². The van der Waals surface area contributed by atoms with Crippen LogP contribution in [0.1, 0.15) is 45.6 Å². The van der Waals surface area contributed by atoms with Crippen molar-refractivity contribution in [3.05, 3.63) is 23.8 Å². The maximum Gasteiger partial charge on any atom is 0.281 e. The number of methoxy groups -OCH3 is 2. The SMILES string of the molecule is COc1ccc(C[NH+]2CC[NH+]([C@H](C)C(=O)N3[C@H](C)CCC[C@@H]3C)CC2)cc1OC. The van der Waals surface area contributed by atoms with Gasteiger partial charge in [0.25, 0.3) is 5.91 Å². The number of nitrogens with one attached hydrogen (secondary N) is 2. The summed E-state index contributed by atoms with van der Waals surface area (Å²) in [6, 6.07) is 7.00. The van der Waals surface area contributed by atoms with Gasteiger partial charge in [-0.25, -0.2) is 0 Å². The van der Waals surface area contributed by atoms with Crippen LogP contribution in [-0.4, -0.2) is 69.3 Å². The van der Waals surface area contributed by atoms with Crippen molar-refractivity contribution in [1.29, 1.82) is 0 Å². The number of ether oxygens (including phenoxy) is 2. The van der Waals surface area contributed by atoms with Crippen LogP contribution in [0.15, 0.2) is 18.2 Å². The topological polar surface area (TPSA) is 47.7 Å². The highest BCUT2D eigenvalue weighted by atomic mass is 16.5. The van der Waals surface area contributed by atoms with Crippen molar-refractivity contribution in [3.63, 3.8) is 0 Å². The second-order valence-electron chi connectivity index (χ2n) is 8.87. The van der Waals surface area contributed by atoms with E-state index < -0.39 is 0 Å². The van der Waals surface area contributed by atoms with E-state index in [9.17, 15) is 4.79 Å². The second kappa shape index (κ2) is 9.81. The number of amides is 1. The van der Waals surface area contributed by atoms with E-state index >= 15 is 0 Å². The Morgan fingerprint density at radius 1 is 1.07 bits per heavy atom. The molecule has 2 N–H and O–H groups in total. The van der Waals surface area contributed by atoms with Gasteiger partial charge < -0.3 is 24.2 Å². The fraction of sp³-hybridized carbons (Fsp3) is 0.696. The van der Waals surface area contributed by atoms with Gasteiger partial charge in [0.2, 0.25) is 0 Å². The van der Waals surface area contributed by atoms with Crippen molar-refractivity contribution < 1.29 is 24.1 Å². The molecule has 2 aliphatic rings. The zero-order chi connectivity index (χ0) is 21.0. The van der Waals surface area contributed by atoms with Crippen LogP contribution in [0.3, 0.4) is 0 Å². The maximum absolute atomic E-state index is 13.2. The number of rotatable bonds is 6. The molecule has 0 radical (unpaired) electrons. The maximum atomic E-state index is 13.2. The van der Waals surface area contributed by atoms with Gasteiger partial charge in [0, 0.05) is 17.6 Å². The molecule has 0 spiro atoms. The molecule has 0 aromatic heterocycles. The first-order valence-corrected chi connectivity index (χ1v) is 11.2. The minimum Gasteiger partial charge on any atom is -0.493 e. The Morgan fingerprint density at radius 2 is 1.69 bits per heavy atom. The number of nitrogens with zero attached hydrogens (tertiary/aromatic N) is 1. The zero-order valence-electron chi connectivity index (χ0n) is 18.8. The van der Waals surface area contributed by atoms with E-state index in [4.69, 9.17) is 9.47 Å². The van der Waals surface area contributed by atoms with Crippen LogP contribution in [0.4, 0.5) is 0 Å². The molecule has 0 unspecified atom stereocenters. The van der Waals surface area contributed by atoms with E-state index in [0.29, 0.717) is 18.0 Å². The van der Waals surface area contributed by atoms with Gasteiger partial charge in [-0.2, -0.15) is 0 Å². The first kappa shape index (κ1) is 21.9. The number of carbonyl (C=O) groups is 1. The van der Waals surface area contributed by atoms with E-state index in [1.54, 1.807) is 19.1 Å². The average Bonchev–Trinajstić information content (AvgIpc) is 2.73. The van der Waals surface area contributed by atoms with Crippen LogP contribution in [-0.2, 0) is 11.3 Å². The smallest absolute Gasteiger partial charge is 0.281 e. The van der Waals surface area contributed by atoms with Crippen molar-refractivity contribution in [2.75, 3.05) is 40.4 Å². The second-order valence-corrected chi connectivity index (χ2v) is 8.87. The third kappa shape index (κ3) is 5.04. The number of piperidine rings is 1. The van der Waals surface area contributed by atoms with Gasteiger partial charge in [0.1, 0.15) is 32.7 Å². The molecule has 2 aliphatic heterocycles. The van der Waals surface area contributed by atoms with E-state index in [-0.39, 0.29) is 6.04 Å². The number of hydrogen-bond donors (Lipinski definition) is 2. The Kier molecular flexibility index (Phi) is 7.41. The van der Waals surface area contributed by atoms with Gasteiger partial charge in [-0.3, -0.25) is 4.79 Å². The molecule has 0 aliphatic carbocycles. The fourth-order valence-corrected chi connectivity index (χ4v) is 5.07. The first-order chi connectivity index (χ1) is 13.9. The monoisotopic (exact) mass is 405 g/mol. The minimum atomic E-state index is 0.0561. The molecule has 0 saturated carbocycles. The molecule has 0 bridgehead atoms. The highest BCUT2D eigenvalue weighted by molar-refractivity contribution is 5.80. The van der Waals surface area contributed by atoms with Crippen LogP contribution in [0.5, 0.6) is 11.5 Å². The Morgan fingerprint density at radius 3 is 2.28 bits per heavy atom. The summed E-state index contributed by atoms with van der Waals surface area (Å²) in [5.74, 6) is 1.91. The first-order valence-electron chi connectivity index (χ1n) is 11.2. The van der Waals surface area contributed by atoms with E-state index in [0.717, 1.165) is 57.1 Å². The summed E-state index contributed by atoms with van der Waals surface area (Å²) < 4.78 is 10.8. The lowest BCUT2D eigenvalue weighted by Gasteiger charge is -2.42. The predicted molar refractivity (Wildman–Crippen MR) is 114 cm³/mol. The predicted octanol–water partition coefficient (Wildman–Crippen LogP) is 0.165. The summed E-state index contributed by atoms with van der Waals surface area (Å²) in [5, 5.41) is 0. The quantitative estimate of drug-likeness (QED) is 0.709. The normalized spacial score (nSPS) is 28.7. The van der Waals surface area contributed by atoms with E-state index in [1.165, 1.54) is 16.9 Å². The molecule has 2 fully saturated rings. The lowest BCUT2D eigenvalue weighted by molar-refractivity contribution is -1.02. The molecule has 2 heterocycles. The molecular weight excluding hydrogens is 366 g/mol. The van der Waals surface area contributed by atoms with Crippen LogP contribution in [0.2, 0.25) is 0 Å². The molecular formula is C23H39N3O3+2. The average molecular weight is 406 g/mol. The van der Waals surface area contributed by atoms with Gasteiger partial charge in [0.05, 0.1) is 14.2 Å². The molecule has 6 nitrogen and oxygen atoms in total. The third-order valence-electron chi connectivity index (χ3n) is 6.93. The van der Waals surface area contributed by atoms with E-state index in [2.05, 4.69) is 37.8 Å². The van der Waals surface area contributed by atoms with Gasteiger partial charge in [-0.15, -0.1) is 0 Å². The Bertz CT molecular complexity index is 678. The molecule has 6 heteroatoms. The van der Waals surface area contributed by atoms with Gasteiger partial charge in [-0.1, -0.05) is 0 Å². The highest BCUT2D eigenvalue weighted by Crippen LogP contribution is 2.27. The zero-order valence-corrected chi connectivity index (χ0v) is 18.8. The Labute approximate surface area is 175 Å². The number of piperazine rings is 1.